The van der Waals surface area contributed by atoms with Crippen molar-refractivity contribution >= 4 is 22.9 Å². The Hall–Kier alpha value is -3.17. The van der Waals surface area contributed by atoms with Crippen molar-refractivity contribution in [2.45, 2.75) is 26.3 Å². The van der Waals surface area contributed by atoms with Crippen LogP contribution in [0.1, 0.15) is 37.8 Å². The van der Waals surface area contributed by atoms with Gasteiger partial charge in [-0.15, -0.1) is 0 Å². The zero-order chi connectivity index (χ0) is 23.4. The van der Waals surface area contributed by atoms with Gasteiger partial charge >= 0.3 is 0 Å². The monoisotopic (exact) mass is 470 g/mol. The molecule has 1 aromatic heterocycles. The van der Waals surface area contributed by atoms with E-state index in [1.54, 1.807) is 18.2 Å². The summed E-state index contributed by atoms with van der Waals surface area (Å²) in [6, 6.07) is 11.8. The highest BCUT2D eigenvalue weighted by Crippen LogP contribution is 2.37. The number of halogens is 2. The molecule has 1 aliphatic heterocycles. The molecule has 1 N–H and O–H groups in total. The van der Waals surface area contributed by atoms with Crippen LogP contribution < -0.4 is 5.32 Å². The quantitative estimate of drug-likeness (QED) is 0.363. The van der Waals surface area contributed by atoms with E-state index in [1.807, 2.05) is 24.8 Å². The first-order valence-electron chi connectivity index (χ1n) is 10.7. The van der Waals surface area contributed by atoms with Gasteiger partial charge in [-0.3, -0.25) is 0 Å². The molecule has 6 nitrogen and oxygen atoms in total. The normalized spacial score (nSPS) is 16.3. The summed E-state index contributed by atoms with van der Waals surface area (Å²) in [7, 11) is 0. The maximum atomic E-state index is 14.0. The van der Waals surface area contributed by atoms with Crippen LogP contribution in [0.25, 0.3) is 17.0 Å². The third-order valence-corrected chi connectivity index (χ3v) is 5.73. The Kier molecular flexibility index (Phi) is 7.10. The average molecular weight is 471 g/mol. The second-order valence-electron chi connectivity index (χ2n) is 7.57. The first-order chi connectivity index (χ1) is 16.0. The van der Waals surface area contributed by atoms with Crippen molar-refractivity contribution < 1.29 is 18.0 Å². The predicted octanol–water partition coefficient (Wildman–Crippen LogP) is 5.10. The highest BCUT2D eigenvalue weighted by Gasteiger charge is 2.34. The lowest BCUT2D eigenvalue weighted by Gasteiger charge is -2.37. The number of thiocarbonyl (C=S) groups is 1. The van der Waals surface area contributed by atoms with E-state index < -0.39 is 11.9 Å². The van der Waals surface area contributed by atoms with Gasteiger partial charge in [0.25, 0.3) is 5.89 Å². The highest BCUT2D eigenvalue weighted by atomic mass is 32.1. The molecule has 0 amide bonds. The van der Waals surface area contributed by atoms with E-state index >= 15 is 0 Å². The third-order valence-electron chi connectivity index (χ3n) is 5.39. The van der Waals surface area contributed by atoms with E-state index in [1.165, 1.54) is 24.3 Å². The van der Waals surface area contributed by atoms with Crippen molar-refractivity contribution in [2.24, 2.45) is 0 Å². The van der Waals surface area contributed by atoms with Gasteiger partial charge in [-0.2, -0.15) is 4.98 Å². The smallest absolute Gasteiger partial charge is 0.258 e. The minimum atomic E-state index is -0.489. The van der Waals surface area contributed by atoms with Crippen molar-refractivity contribution in [2.75, 3.05) is 19.8 Å². The van der Waals surface area contributed by atoms with Crippen LogP contribution >= 0.6 is 12.2 Å². The SMILES string of the molecule is CCOCCCN1C(=S)NC(c2cccc(F)c2)C(c2nc(-c3cccc(F)c3)no2)=C1C. The molecule has 0 radical (unpaired) electrons. The Balaban J connectivity index is 1.75. The first-order valence-corrected chi connectivity index (χ1v) is 11.1. The summed E-state index contributed by atoms with van der Waals surface area (Å²) in [4.78, 5) is 6.48. The number of rotatable bonds is 8. The van der Waals surface area contributed by atoms with Gasteiger partial charge < -0.3 is 19.5 Å². The maximum absolute atomic E-state index is 14.0. The predicted molar refractivity (Wildman–Crippen MR) is 125 cm³/mol. The number of hydrogen-bond acceptors (Lipinski definition) is 5. The zero-order valence-corrected chi connectivity index (χ0v) is 19.2. The molecule has 0 fully saturated rings. The number of nitrogens with one attached hydrogen (secondary N) is 1. The lowest BCUT2D eigenvalue weighted by molar-refractivity contribution is 0.141. The molecule has 1 aliphatic rings. The lowest BCUT2D eigenvalue weighted by Crippen LogP contribution is -2.46. The van der Waals surface area contributed by atoms with Crippen LogP contribution in [-0.4, -0.2) is 39.9 Å². The Morgan fingerprint density at radius 2 is 1.91 bits per heavy atom. The minimum absolute atomic E-state index is 0.255. The molecule has 0 saturated carbocycles. The molecule has 9 heteroatoms. The Morgan fingerprint density at radius 3 is 2.64 bits per heavy atom. The Bertz CT molecular complexity index is 1180. The minimum Gasteiger partial charge on any atom is -0.382 e. The van der Waals surface area contributed by atoms with E-state index in [0.717, 1.165) is 12.1 Å². The summed E-state index contributed by atoms with van der Waals surface area (Å²) in [6.07, 6.45) is 0.767. The summed E-state index contributed by atoms with van der Waals surface area (Å²) < 4.78 is 38.8. The molecule has 1 unspecified atom stereocenters. The van der Waals surface area contributed by atoms with Crippen molar-refractivity contribution in [1.29, 1.82) is 0 Å². The van der Waals surface area contributed by atoms with Crippen LogP contribution in [0.5, 0.6) is 0 Å². The van der Waals surface area contributed by atoms with Crippen LogP contribution in [0.3, 0.4) is 0 Å². The fraction of sp³-hybridized carbons (Fsp3) is 0.292. The van der Waals surface area contributed by atoms with E-state index in [0.29, 0.717) is 41.6 Å². The summed E-state index contributed by atoms with van der Waals surface area (Å²) in [5.41, 5.74) is 2.67. The number of nitrogens with zero attached hydrogens (tertiary/aromatic N) is 3. The van der Waals surface area contributed by atoms with Crippen LogP contribution in [0.15, 0.2) is 58.8 Å². The first kappa shape index (κ1) is 23.0. The molecule has 0 saturated heterocycles. The number of allylic oxidation sites excluding steroid dienone is 1. The van der Waals surface area contributed by atoms with Gasteiger partial charge in [0.2, 0.25) is 5.82 Å². The van der Waals surface area contributed by atoms with Crippen molar-refractivity contribution in [3.05, 3.63) is 77.3 Å². The summed E-state index contributed by atoms with van der Waals surface area (Å²) in [6.45, 7) is 5.75. The van der Waals surface area contributed by atoms with E-state index in [9.17, 15) is 8.78 Å². The second kappa shape index (κ2) is 10.2. The van der Waals surface area contributed by atoms with Crippen LogP contribution in [0, 0.1) is 11.6 Å². The van der Waals surface area contributed by atoms with E-state index in [4.69, 9.17) is 21.5 Å². The second-order valence-corrected chi connectivity index (χ2v) is 7.96. The van der Waals surface area contributed by atoms with Gasteiger partial charge in [0.15, 0.2) is 5.11 Å². The Morgan fingerprint density at radius 1 is 1.15 bits per heavy atom. The van der Waals surface area contributed by atoms with Crippen LogP contribution in [0.4, 0.5) is 8.78 Å². The zero-order valence-electron chi connectivity index (χ0n) is 18.3. The standard InChI is InChI=1S/C24H24F2N4O2S/c1-3-31-12-6-11-30-15(2)20(21(27-24(30)33)16-7-4-9-18(25)13-16)23-28-22(29-32-23)17-8-5-10-19(26)14-17/h4-5,7-10,13-14,21H,3,6,11-12H2,1-2H3,(H,27,33). The number of aromatic nitrogens is 2. The highest BCUT2D eigenvalue weighted by molar-refractivity contribution is 7.80. The van der Waals surface area contributed by atoms with Gasteiger partial charge in [0, 0.05) is 31.0 Å². The van der Waals surface area contributed by atoms with Gasteiger partial charge in [-0.05, 0) is 62.3 Å². The van der Waals surface area contributed by atoms with Crippen molar-refractivity contribution in [1.82, 2.24) is 20.4 Å². The molecule has 2 aromatic carbocycles. The summed E-state index contributed by atoms with van der Waals surface area (Å²) in [5, 5.41) is 7.87. The third kappa shape index (κ3) is 5.09. The molecule has 0 bridgehead atoms. The molecule has 1 atom stereocenters. The summed E-state index contributed by atoms with van der Waals surface area (Å²) >= 11 is 5.63. The topological polar surface area (TPSA) is 63.4 Å². The lowest BCUT2D eigenvalue weighted by atomic mass is 9.94. The van der Waals surface area contributed by atoms with Gasteiger partial charge in [-0.1, -0.05) is 29.4 Å². The molecular weight excluding hydrogens is 446 g/mol. The van der Waals surface area contributed by atoms with Gasteiger partial charge in [0.05, 0.1) is 11.6 Å². The van der Waals surface area contributed by atoms with E-state index in [2.05, 4.69) is 15.5 Å². The van der Waals surface area contributed by atoms with E-state index in [-0.39, 0.29) is 17.5 Å². The Labute approximate surface area is 196 Å². The summed E-state index contributed by atoms with van der Waals surface area (Å²) in [5.74, 6) is -0.232. The molecule has 172 valence electrons. The van der Waals surface area contributed by atoms with Crippen LogP contribution in [0.2, 0.25) is 0 Å². The molecule has 3 aromatic rings. The van der Waals surface area contributed by atoms with Crippen LogP contribution in [-0.2, 0) is 4.74 Å². The molecule has 33 heavy (non-hydrogen) atoms. The number of benzene rings is 2. The number of ether oxygens (including phenoxy) is 1. The maximum Gasteiger partial charge on any atom is 0.258 e. The van der Waals surface area contributed by atoms with Crippen molar-refractivity contribution in [3.63, 3.8) is 0 Å². The fourth-order valence-electron chi connectivity index (χ4n) is 3.81. The van der Waals surface area contributed by atoms with Gasteiger partial charge in [-0.25, -0.2) is 8.78 Å². The van der Waals surface area contributed by atoms with Gasteiger partial charge in [0.1, 0.15) is 11.6 Å². The fourth-order valence-corrected chi connectivity index (χ4v) is 4.16. The van der Waals surface area contributed by atoms with Crippen molar-refractivity contribution in [3.8, 4) is 11.4 Å². The largest absolute Gasteiger partial charge is 0.382 e. The molecular formula is C24H24F2N4O2S. The number of hydrogen-bond donors (Lipinski definition) is 1. The molecule has 4 rings (SSSR count). The molecule has 0 spiro atoms. The molecule has 2 heterocycles. The molecule has 0 aliphatic carbocycles. The average Bonchev–Trinajstić information content (AvgIpc) is 3.28.